The van der Waals surface area contributed by atoms with Crippen LogP contribution < -0.4 is 10.6 Å². The normalized spacial score (nSPS) is 12.8. The van der Waals surface area contributed by atoms with Crippen LogP contribution >= 0.6 is 0 Å². The second kappa shape index (κ2) is 3.20. The Morgan fingerprint density at radius 2 is 2.20 bits per heavy atom. The highest BCUT2D eigenvalue weighted by molar-refractivity contribution is 5.70. The Morgan fingerprint density at radius 1 is 1.20 bits per heavy atom. The largest absolute Gasteiger partial charge is 0.364 e. The first-order valence-corrected chi connectivity index (χ1v) is 4.69. The molecule has 3 heterocycles. The number of pyridine rings is 1. The van der Waals surface area contributed by atoms with Crippen LogP contribution in [0.1, 0.15) is 0 Å². The number of nitrogens with zero attached hydrogens (tertiary/aromatic N) is 3. The predicted octanol–water partition coefficient (Wildman–Crippen LogP) is 1.33. The maximum Gasteiger partial charge on any atom is 0.163 e. The van der Waals surface area contributed by atoms with Crippen molar-refractivity contribution in [2.75, 3.05) is 17.3 Å². The lowest BCUT2D eigenvalue weighted by Crippen LogP contribution is -1.99. The van der Waals surface area contributed by atoms with E-state index in [4.69, 9.17) is 0 Å². The summed E-state index contributed by atoms with van der Waals surface area (Å²) in [5.74, 6) is 1.54. The van der Waals surface area contributed by atoms with E-state index in [1.165, 1.54) is 0 Å². The Bertz CT molecular complexity index is 482. The molecule has 2 aromatic rings. The molecule has 0 unspecified atom stereocenters. The van der Waals surface area contributed by atoms with Gasteiger partial charge < -0.3 is 10.6 Å². The Balaban J connectivity index is 2.07. The van der Waals surface area contributed by atoms with Crippen LogP contribution in [0.4, 0.5) is 11.5 Å². The molecular formula is C10H9N5. The zero-order chi connectivity index (χ0) is 10.1. The van der Waals surface area contributed by atoms with Gasteiger partial charge in [0, 0.05) is 18.0 Å². The molecule has 0 bridgehead atoms. The summed E-state index contributed by atoms with van der Waals surface area (Å²) in [7, 11) is 0. The summed E-state index contributed by atoms with van der Waals surface area (Å²) in [6, 6.07) is 3.81. The van der Waals surface area contributed by atoms with Crippen LogP contribution in [0.3, 0.4) is 0 Å². The minimum Gasteiger partial charge on any atom is -0.364 e. The summed E-state index contributed by atoms with van der Waals surface area (Å²) in [6.07, 6.45) is 5.27. The molecule has 0 saturated heterocycles. The molecule has 5 nitrogen and oxygen atoms in total. The molecule has 74 valence electrons. The third kappa shape index (κ3) is 1.38. The highest BCUT2D eigenvalue weighted by Crippen LogP contribution is 2.25. The van der Waals surface area contributed by atoms with Crippen molar-refractivity contribution in [2.45, 2.75) is 0 Å². The molecule has 0 atom stereocenters. The molecule has 2 aromatic heterocycles. The van der Waals surface area contributed by atoms with Crippen LogP contribution in [0.15, 0.2) is 30.7 Å². The molecule has 15 heavy (non-hydrogen) atoms. The number of hydrogen-bond donors (Lipinski definition) is 2. The molecule has 0 radical (unpaired) electrons. The van der Waals surface area contributed by atoms with Crippen LogP contribution in [-0.4, -0.2) is 21.6 Å². The number of nitrogens with one attached hydrogen (secondary N) is 2. The van der Waals surface area contributed by atoms with E-state index >= 15 is 0 Å². The Morgan fingerprint density at radius 3 is 3.07 bits per heavy atom. The third-order valence-electron chi connectivity index (χ3n) is 2.24. The summed E-state index contributed by atoms with van der Waals surface area (Å²) in [4.78, 5) is 12.7. The first-order chi connectivity index (χ1) is 7.43. The SMILES string of the molecule is c1cncc(-c2ncc3c(n2)NCN3)c1. The molecule has 0 spiro atoms. The van der Waals surface area contributed by atoms with Crippen molar-refractivity contribution in [2.24, 2.45) is 0 Å². The predicted molar refractivity (Wildman–Crippen MR) is 57.4 cm³/mol. The molecule has 1 aliphatic rings. The minimum absolute atomic E-state index is 0.693. The fourth-order valence-corrected chi connectivity index (χ4v) is 1.50. The number of aromatic nitrogens is 3. The van der Waals surface area contributed by atoms with Crippen molar-refractivity contribution in [1.29, 1.82) is 0 Å². The van der Waals surface area contributed by atoms with Crippen LogP contribution in [0.25, 0.3) is 11.4 Å². The van der Waals surface area contributed by atoms with Crippen molar-refractivity contribution in [3.8, 4) is 11.4 Å². The van der Waals surface area contributed by atoms with E-state index in [0.29, 0.717) is 12.5 Å². The van der Waals surface area contributed by atoms with E-state index in [2.05, 4.69) is 25.6 Å². The van der Waals surface area contributed by atoms with Gasteiger partial charge in [0.05, 0.1) is 18.6 Å². The molecule has 2 N–H and O–H groups in total. The average Bonchev–Trinajstić information content (AvgIpc) is 2.77. The Hall–Kier alpha value is -2.17. The summed E-state index contributed by atoms with van der Waals surface area (Å²) in [5.41, 5.74) is 1.87. The van der Waals surface area contributed by atoms with Gasteiger partial charge in [-0.25, -0.2) is 9.97 Å². The standard InChI is InChI=1S/C10H9N5/c1-2-7(4-11-3-1)9-12-5-8-10(15-9)14-6-13-8/h1-5,13H,6H2,(H,12,14,15). The van der Waals surface area contributed by atoms with E-state index in [9.17, 15) is 0 Å². The summed E-state index contributed by atoms with van der Waals surface area (Å²) >= 11 is 0. The van der Waals surface area contributed by atoms with Gasteiger partial charge in [-0.2, -0.15) is 0 Å². The lowest BCUT2D eigenvalue weighted by atomic mass is 10.2. The molecule has 0 fully saturated rings. The van der Waals surface area contributed by atoms with E-state index in [1.54, 1.807) is 18.6 Å². The van der Waals surface area contributed by atoms with Crippen LogP contribution in [0.5, 0.6) is 0 Å². The van der Waals surface area contributed by atoms with Crippen LogP contribution in [0.2, 0.25) is 0 Å². The highest BCUT2D eigenvalue weighted by Gasteiger charge is 2.12. The molecule has 0 aromatic carbocycles. The van der Waals surface area contributed by atoms with Gasteiger partial charge in [0.25, 0.3) is 0 Å². The van der Waals surface area contributed by atoms with Gasteiger partial charge in [-0.15, -0.1) is 0 Å². The van der Waals surface area contributed by atoms with Gasteiger partial charge >= 0.3 is 0 Å². The zero-order valence-electron chi connectivity index (χ0n) is 7.94. The maximum atomic E-state index is 4.40. The van der Waals surface area contributed by atoms with Gasteiger partial charge in [0.2, 0.25) is 0 Å². The molecule has 0 saturated carbocycles. The average molecular weight is 199 g/mol. The van der Waals surface area contributed by atoms with E-state index in [1.807, 2.05) is 12.1 Å². The molecular weight excluding hydrogens is 190 g/mol. The summed E-state index contributed by atoms with van der Waals surface area (Å²) < 4.78 is 0. The van der Waals surface area contributed by atoms with E-state index in [-0.39, 0.29) is 0 Å². The van der Waals surface area contributed by atoms with Crippen LogP contribution in [0, 0.1) is 0 Å². The zero-order valence-corrected chi connectivity index (χ0v) is 7.94. The quantitative estimate of drug-likeness (QED) is 0.725. The second-order valence-electron chi connectivity index (χ2n) is 3.23. The maximum absolute atomic E-state index is 4.40. The van der Waals surface area contributed by atoms with Crippen LogP contribution in [-0.2, 0) is 0 Å². The van der Waals surface area contributed by atoms with Gasteiger partial charge in [-0.1, -0.05) is 0 Å². The molecule has 0 aliphatic carbocycles. The van der Waals surface area contributed by atoms with Gasteiger partial charge in [0.15, 0.2) is 11.6 Å². The van der Waals surface area contributed by atoms with Crippen molar-refractivity contribution in [3.63, 3.8) is 0 Å². The van der Waals surface area contributed by atoms with Gasteiger partial charge in [-0.05, 0) is 12.1 Å². The Kier molecular flexibility index (Phi) is 1.74. The second-order valence-corrected chi connectivity index (χ2v) is 3.23. The van der Waals surface area contributed by atoms with Crippen molar-refractivity contribution in [1.82, 2.24) is 15.0 Å². The smallest absolute Gasteiger partial charge is 0.163 e. The van der Waals surface area contributed by atoms with Gasteiger partial charge in [0.1, 0.15) is 0 Å². The molecule has 0 amide bonds. The topological polar surface area (TPSA) is 62.7 Å². The number of anilines is 2. The molecule has 5 heteroatoms. The number of hydrogen-bond acceptors (Lipinski definition) is 5. The van der Waals surface area contributed by atoms with Crippen molar-refractivity contribution < 1.29 is 0 Å². The first-order valence-electron chi connectivity index (χ1n) is 4.69. The number of fused-ring (bicyclic) bond motifs is 1. The van der Waals surface area contributed by atoms with E-state index in [0.717, 1.165) is 17.1 Å². The first kappa shape index (κ1) is 8.16. The monoisotopic (exact) mass is 199 g/mol. The lowest BCUT2D eigenvalue weighted by molar-refractivity contribution is 1.18. The lowest BCUT2D eigenvalue weighted by Gasteiger charge is -2.01. The van der Waals surface area contributed by atoms with Crippen molar-refractivity contribution >= 4 is 11.5 Å². The van der Waals surface area contributed by atoms with E-state index < -0.39 is 0 Å². The molecule has 1 aliphatic heterocycles. The fourth-order valence-electron chi connectivity index (χ4n) is 1.50. The highest BCUT2D eigenvalue weighted by atomic mass is 15.2. The summed E-state index contributed by atoms with van der Waals surface area (Å²) in [6.45, 7) is 0.709. The summed E-state index contributed by atoms with van der Waals surface area (Å²) in [5, 5.41) is 6.25. The van der Waals surface area contributed by atoms with Gasteiger partial charge in [-0.3, -0.25) is 4.98 Å². The number of rotatable bonds is 1. The Labute approximate surface area is 86.6 Å². The minimum atomic E-state index is 0.693. The molecule has 3 rings (SSSR count). The fraction of sp³-hybridized carbons (Fsp3) is 0.100. The third-order valence-corrected chi connectivity index (χ3v) is 2.24. The van der Waals surface area contributed by atoms with Crippen molar-refractivity contribution in [3.05, 3.63) is 30.7 Å².